The molecule has 0 aliphatic rings. The molecule has 1 rings (SSSR count). The Labute approximate surface area is 79.6 Å². The Morgan fingerprint density at radius 3 is 2.85 bits per heavy atom. The summed E-state index contributed by atoms with van der Waals surface area (Å²) in [4.78, 5) is 4.05. The van der Waals surface area contributed by atoms with Gasteiger partial charge < -0.3 is 5.11 Å². The fourth-order valence-electron chi connectivity index (χ4n) is 1.32. The minimum absolute atomic E-state index is 0.340. The molecule has 72 valence electrons. The Morgan fingerprint density at radius 2 is 2.23 bits per heavy atom. The van der Waals surface area contributed by atoms with Crippen LogP contribution in [0.3, 0.4) is 0 Å². The third-order valence-electron chi connectivity index (χ3n) is 2.11. The zero-order chi connectivity index (χ0) is 9.68. The van der Waals surface area contributed by atoms with Gasteiger partial charge in [0.1, 0.15) is 0 Å². The van der Waals surface area contributed by atoms with E-state index in [1.165, 1.54) is 0 Å². The second-order valence-corrected chi connectivity index (χ2v) is 3.45. The highest BCUT2D eigenvalue weighted by Gasteiger charge is 2.06. The maximum atomic E-state index is 9.74. The summed E-state index contributed by atoms with van der Waals surface area (Å²) >= 11 is 0. The number of unbranched alkanes of at least 4 members (excludes halogenated alkanes) is 1. The van der Waals surface area contributed by atoms with Crippen LogP contribution in [0.5, 0.6) is 0 Å². The first kappa shape index (κ1) is 10.2. The first-order valence-electron chi connectivity index (χ1n) is 4.83. The van der Waals surface area contributed by atoms with Crippen LogP contribution in [0.15, 0.2) is 18.5 Å². The van der Waals surface area contributed by atoms with E-state index < -0.39 is 0 Å². The van der Waals surface area contributed by atoms with Gasteiger partial charge in [0.15, 0.2) is 0 Å². The third-order valence-corrected chi connectivity index (χ3v) is 2.11. The molecule has 0 fully saturated rings. The van der Waals surface area contributed by atoms with Crippen LogP contribution in [-0.2, 0) is 0 Å². The molecular formula is C11H17NO. The van der Waals surface area contributed by atoms with Crippen molar-refractivity contribution < 1.29 is 5.11 Å². The van der Waals surface area contributed by atoms with Crippen LogP contribution >= 0.6 is 0 Å². The summed E-state index contributed by atoms with van der Waals surface area (Å²) in [6.45, 7) is 4.12. The fraction of sp³-hybridized carbons (Fsp3) is 0.545. The second kappa shape index (κ2) is 4.97. The van der Waals surface area contributed by atoms with E-state index in [-0.39, 0.29) is 6.10 Å². The molecular weight excluding hydrogens is 162 g/mol. The summed E-state index contributed by atoms with van der Waals surface area (Å²) in [6.07, 6.45) is 6.23. The first-order chi connectivity index (χ1) is 6.24. The predicted octanol–water partition coefficient (Wildman–Crippen LogP) is 2.61. The van der Waals surface area contributed by atoms with Crippen molar-refractivity contribution in [2.45, 2.75) is 39.2 Å². The summed E-state index contributed by atoms with van der Waals surface area (Å²) in [6, 6.07) is 1.99. The normalized spacial score (nSPS) is 12.8. The lowest BCUT2D eigenvalue weighted by atomic mass is 10.0. The molecule has 0 amide bonds. The number of aryl methyl sites for hydroxylation is 1. The number of aromatic nitrogens is 1. The molecule has 0 spiro atoms. The van der Waals surface area contributed by atoms with Crippen LogP contribution in [0.4, 0.5) is 0 Å². The highest BCUT2D eigenvalue weighted by Crippen LogP contribution is 2.18. The molecule has 2 heteroatoms. The monoisotopic (exact) mass is 179 g/mol. The smallest absolute Gasteiger partial charge is 0.0805 e. The van der Waals surface area contributed by atoms with Gasteiger partial charge in [-0.15, -0.1) is 0 Å². The van der Waals surface area contributed by atoms with E-state index in [2.05, 4.69) is 11.9 Å². The van der Waals surface area contributed by atoms with Crippen LogP contribution < -0.4 is 0 Å². The molecule has 0 bridgehead atoms. The molecule has 1 aromatic rings. The minimum Gasteiger partial charge on any atom is -0.388 e. The van der Waals surface area contributed by atoms with Crippen LogP contribution in [-0.4, -0.2) is 10.1 Å². The summed E-state index contributed by atoms with van der Waals surface area (Å²) in [5.74, 6) is 0. The van der Waals surface area contributed by atoms with E-state index in [9.17, 15) is 5.11 Å². The van der Waals surface area contributed by atoms with Gasteiger partial charge in [0, 0.05) is 12.4 Å². The average Bonchev–Trinajstić information content (AvgIpc) is 2.14. The lowest BCUT2D eigenvalue weighted by Gasteiger charge is -2.09. The zero-order valence-corrected chi connectivity index (χ0v) is 8.33. The standard InChI is InChI=1S/C11H17NO/c1-3-4-5-11(13)10-6-9(2)7-12-8-10/h6-8,11,13H,3-5H2,1-2H3. The Bertz CT molecular complexity index is 260. The Hall–Kier alpha value is -0.890. The number of hydrogen-bond donors (Lipinski definition) is 1. The largest absolute Gasteiger partial charge is 0.388 e. The molecule has 1 heterocycles. The molecule has 0 saturated carbocycles. The molecule has 1 atom stereocenters. The second-order valence-electron chi connectivity index (χ2n) is 3.45. The van der Waals surface area contributed by atoms with Crippen molar-refractivity contribution in [1.82, 2.24) is 4.98 Å². The molecule has 1 unspecified atom stereocenters. The van der Waals surface area contributed by atoms with Crippen molar-refractivity contribution in [3.8, 4) is 0 Å². The Morgan fingerprint density at radius 1 is 1.46 bits per heavy atom. The summed E-state index contributed by atoms with van der Waals surface area (Å²) in [5.41, 5.74) is 2.04. The van der Waals surface area contributed by atoms with Crippen LogP contribution in [0.1, 0.15) is 43.4 Å². The Kier molecular flexibility index (Phi) is 3.90. The van der Waals surface area contributed by atoms with Crippen LogP contribution in [0, 0.1) is 6.92 Å². The molecule has 13 heavy (non-hydrogen) atoms. The zero-order valence-electron chi connectivity index (χ0n) is 8.33. The molecule has 0 aliphatic heterocycles. The predicted molar refractivity (Wildman–Crippen MR) is 53.5 cm³/mol. The molecule has 1 aromatic heterocycles. The number of nitrogens with zero attached hydrogens (tertiary/aromatic N) is 1. The van der Waals surface area contributed by atoms with Gasteiger partial charge in [-0.05, 0) is 24.5 Å². The van der Waals surface area contributed by atoms with Crippen LogP contribution in [0.2, 0.25) is 0 Å². The van der Waals surface area contributed by atoms with Crippen molar-refractivity contribution >= 4 is 0 Å². The number of pyridine rings is 1. The maximum absolute atomic E-state index is 9.74. The highest BCUT2D eigenvalue weighted by molar-refractivity contribution is 5.18. The van der Waals surface area contributed by atoms with Crippen molar-refractivity contribution in [3.63, 3.8) is 0 Å². The van der Waals surface area contributed by atoms with Gasteiger partial charge in [0.25, 0.3) is 0 Å². The lowest BCUT2D eigenvalue weighted by molar-refractivity contribution is 0.164. The van der Waals surface area contributed by atoms with Crippen molar-refractivity contribution in [1.29, 1.82) is 0 Å². The molecule has 2 nitrogen and oxygen atoms in total. The van der Waals surface area contributed by atoms with Gasteiger partial charge in [-0.25, -0.2) is 0 Å². The van der Waals surface area contributed by atoms with Crippen molar-refractivity contribution in [2.75, 3.05) is 0 Å². The van der Waals surface area contributed by atoms with Gasteiger partial charge in [-0.2, -0.15) is 0 Å². The van der Waals surface area contributed by atoms with E-state index in [4.69, 9.17) is 0 Å². The van der Waals surface area contributed by atoms with Gasteiger partial charge >= 0.3 is 0 Å². The van der Waals surface area contributed by atoms with Gasteiger partial charge in [0.05, 0.1) is 6.10 Å². The lowest BCUT2D eigenvalue weighted by Crippen LogP contribution is -1.98. The molecule has 0 saturated heterocycles. The summed E-state index contributed by atoms with van der Waals surface area (Å²) < 4.78 is 0. The van der Waals surface area contributed by atoms with Gasteiger partial charge in [-0.1, -0.05) is 25.8 Å². The highest BCUT2D eigenvalue weighted by atomic mass is 16.3. The third kappa shape index (κ3) is 3.15. The van der Waals surface area contributed by atoms with Crippen LogP contribution in [0.25, 0.3) is 0 Å². The minimum atomic E-state index is -0.340. The van der Waals surface area contributed by atoms with E-state index in [0.717, 1.165) is 30.4 Å². The topological polar surface area (TPSA) is 33.1 Å². The SMILES string of the molecule is CCCCC(O)c1cncc(C)c1. The Balaban J connectivity index is 2.60. The maximum Gasteiger partial charge on any atom is 0.0805 e. The van der Waals surface area contributed by atoms with E-state index in [1.54, 1.807) is 12.4 Å². The average molecular weight is 179 g/mol. The number of aliphatic hydroxyl groups excluding tert-OH is 1. The van der Waals surface area contributed by atoms with E-state index in [0.29, 0.717) is 0 Å². The van der Waals surface area contributed by atoms with Gasteiger partial charge in [-0.3, -0.25) is 4.98 Å². The molecule has 0 radical (unpaired) electrons. The molecule has 0 aliphatic carbocycles. The summed E-state index contributed by atoms with van der Waals surface area (Å²) in [7, 11) is 0. The number of rotatable bonds is 4. The number of hydrogen-bond acceptors (Lipinski definition) is 2. The fourth-order valence-corrected chi connectivity index (χ4v) is 1.32. The van der Waals surface area contributed by atoms with Crippen molar-refractivity contribution in [3.05, 3.63) is 29.6 Å². The first-order valence-corrected chi connectivity index (χ1v) is 4.83. The van der Waals surface area contributed by atoms with Crippen molar-refractivity contribution in [2.24, 2.45) is 0 Å². The van der Waals surface area contributed by atoms with E-state index >= 15 is 0 Å². The summed E-state index contributed by atoms with van der Waals surface area (Å²) in [5, 5.41) is 9.74. The molecule has 1 N–H and O–H groups in total. The van der Waals surface area contributed by atoms with Gasteiger partial charge in [0.2, 0.25) is 0 Å². The van der Waals surface area contributed by atoms with E-state index in [1.807, 2.05) is 13.0 Å². The quantitative estimate of drug-likeness (QED) is 0.770. The number of aliphatic hydroxyl groups is 1. The molecule has 0 aromatic carbocycles.